The van der Waals surface area contributed by atoms with E-state index in [1.165, 1.54) is 17.3 Å². The summed E-state index contributed by atoms with van der Waals surface area (Å²) in [5.41, 5.74) is 1.45. The number of thioether (sulfide) groups is 1. The van der Waals surface area contributed by atoms with Crippen molar-refractivity contribution in [3.8, 4) is 0 Å². The summed E-state index contributed by atoms with van der Waals surface area (Å²) in [4.78, 5) is 12.7. The average Bonchev–Trinajstić information content (AvgIpc) is 2.47. The minimum atomic E-state index is -0.300. The van der Waals surface area contributed by atoms with Gasteiger partial charge in [0.05, 0.1) is 9.37 Å². The molecule has 0 saturated carbocycles. The molecule has 1 heterocycles. The zero-order valence-corrected chi connectivity index (χ0v) is 14.8. The summed E-state index contributed by atoms with van der Waals surface area (Å²) in [7, 11) is 0. The Balaban J connectivity index is 1.96. The molecule has 0 bridgehead atoms. The van der Waals surface area contributed by atoms with Gasteiger partial charge in [0.1, 0.15) is 0 Å². The largest absolute Gasteiger partial charge is 0.421 e. The van der Waals surface area contributed by atoms with Crippen LogP contribution in [0.25, 0.3) is 11.0 Å². The Hall–Kier alpha value is -1.04. The second kappa shape index (κ2) is 6.38. The van der Waals surface area contributed by atoms with Crippen molar-refractivity contribution >= 4 is 54.6 Å². The van der Waals surface area contributed by atoms with Gasteiger partial charge in [-0.25, -0.2) is 4.79 Å². The van der Waals surface area contributed by atoms with Crippen LogP contribution in [0.4, 0.5) is 0 Å². The summed E-state index contributed by atoms with van der Waals surface area (Å²) in [6, 6.07) is 15.7. The summed E-state index contributed by atoms with van der Waals surface area (Å²) in [5, 5.41) is 0.895. The number of benzene rings is 2. The van der Waals surface area contributed by atoms with Crippen LogP contribution in [0.5, 0.6) is 0 Å². The van der Waals surface area contributed by atoms with Crippen molar-refractivity contribution in [2.24, 2.45) is 0 Å². The van der Waals surface area contributed by atoms with Gasteiger partial charge in [-0.15, -0.1) is 11.8 Å². The first-order chi connectivity index (χ1) is 10.1. The molecule has 1 aromatic heterocycles. The molecule has 0 spiro atoms. The quantitative estimate of drug-likeness (QED) is 0.403. The molecule has 2 nitrogen and oxygen atoms in total. The van der Waals surface area contributed by atoms with Crippen LogP contribution in [0, 0.1) is 0 Å². The van der Waals surface area contributed by atoms with E-state index in [2.05, 4.69) is 31.9 Å². The molecule has 0 unspecified atom stereocenters. The van der Waals surface area contributed by atoms with E-state index in [0.717, 1.165) is 20.1 Å². The van der Waals surface area contributed by atoms with Crippen LogP contribution in [-0.4, -0.2) is 0 Å². The first-order valence-electron chi connectivity index (χ1n) is 6.23. The van der Waals surface area contributed by atoms with Crippen molar-refractivity contribution in [2.45, 2.75) is 10.6 Å². The molecule has 5 heteroatoms. The van der Waals surface area contributed by atoms with Crippen LogP contribution >= 0.6 is 43.6 Å². The van der Waals surface area contributed by atoms with Crippen LogP contribution in [-0.2, 0) is 5.75 Å². The molecule has 0 amide bonds. The third-order valence-electron chi connectivity index (χ3n) is 2.96. The Kier molecular flexibility index (Phi) is 4.52. The van der Waals surface area contributed by atoms with Gasteiger partial charge in [-0.3, -0.25) is 0 Å². The zero-order chi connectivity index (χ0) is 14.8. The zero-order valence-electron chi connectivity index (χ0n) is 10.8. The van der Waals surface area contributed by atoms with Gasteiger partial charge in [0.15, 0.2) is 5.58 Å². The lowest BCUT2D eigenvalue weighted by atomic mass is 10.2. The predicted molar refractivity (Wildman–Crippen MR) is 93.9 cm³/mol. The van der Waals surface area contributed by atoms with Crippen molar-refractivity contribution in [3.05, 3.63) is 73.5 Å². The maximum atomic E-state index is 12.1. The van der Waals surface area contributed by atoms with Gasteiger partial charge >= 0.3 is 5.63 Å². The van der Waals surface area contributed by atoms with Gasteiger partial charge in [-0.2, -0.15) is 0 Å². The van der Waals surface area contributed by atoms with E-state index in [1.807, 2.05) is 48.5 Å². The minimum Gasteiger partial charge on any atom is -0.421 e. The highest BCUT2D eigenvalue weighted by atomic mass is 79.9. The van der Waals surface area contributed by atoms with Gasteiger partial charge in [0.2, 0.25) is 0 Å². The molecule has 0 atom stereocenters. The Morgan fingerprint density at radius 3 is 2.57 bits per heavy atom. The normalized spacial score (nSPS) is 11.0. The Morgan fingerprint density at radius 2 is 1.81 bits per heavy atom. The molecule has 2 aromatic carbocycles. The Labute approximate surface area is 142 Å². The van der Waals surface area contributed by atoms with Gasteiger partial charge in [0.25, 0.3) is 0 Å². The molecule has 106 valence electrons. The second-order valence-electron chi connectivity index (χ2n) is 4.48. The molecule has 0 radical (unpaired) electrons. The van der Waals surface area contributed by atoms with Gasteiger partial charge in [-0.1, -0.05) is 46.3 Å². The molecule has 0 saturated heterocycles. The van der Waals surface area contributed by atoms with Crippen molar-refractivity contribution < 1.29 is 4.42 Å². The molecule has 0 aliphatic heterocycles. The summed E-state index contributed by atoms with van der Waals surface area (Å²) in [6.07, 6.45) is 0. The molecule has 3 aromatic rings. The SMILES string of the molecule is O=c1oc2c(Br)cc(Br)cc2cc1SCc1ccccc1. The summed E-state index contributed by atoms with van der Waals surface area (Å²) >= 11 is 8.35. The summed E-state index contributed by atoms with van der Waals surface area (Å²) in [6.45, 7) is 0. The minimum absolute atomic E-state index is 0.300. The maximum absolute atomic E-state index is 12.1. The van der Waals surface area contributed by atoms with E-state index < -0.39 is 0 Å². The van der Waals surface area contributed by atoms with E-state index in [4.69, 9.17) is 4.42 Å². The fraction of sp³-hybridized carbons (Fsp3) is 0.0625. The summed E-state index contributed by atoms with van der Waals surface area (Å²) in [5.74, 6) is 0.742. The highest BCUT2D eigenvalue weighted by Crippen LogP contribution is 2.30. The average molecular weight is 426 g/mol. The second-order valence-corrected chi connectivity index (χ2v) is 7.27. The van der Waals surface area contributed by atoms with Gasteiger partial charge in [0, 0.05) is 15.6 Å². The fourth-order valence-corrected chi connectivity index (χ4v) is 4.20. The van der Waals surface area contributed by atoms with Crippen molar-refractivity contribution in [1.29, 1.82) is 0 Å². The van der Waals surface area contributed by atoms with Crippen LogP contribution in [0.3, 0.4) is 0 Å². The standard InChI is InChI=1S/C16H10Br2O2S/c17-12-6-11-7-14(16(19)20-15(11)13(18)8-12)21-9-10-4-2-1-3-5-10/h1-8H,9H2. The topological polar surface area (TPSA) is 30.2 Å². The highest BCUT2D eigenvalue weighted by Gasteiger charge is 2.09. The molecule has 0 aliphatic carbocycles. The Morgan fingerprint density at radius 1 is 1.05 bits per heavy atom. The number of hydrogen-bond donors (Lipinski definition) is 0. The van der Waals surface area contributed by atoms with E-state index in [9.17, 15) is 4.79 Å². The lowest BCUT2D eigenvalue weighted by Crippen LogP contribution is -2.02. The van der Waals surface area contributed by atoms with E-state index >= 15 is 0 Å². The third kappa shape index (κ3) is 3.42. The molecule has 0 fully saturated rings. The molecule has 21 heavy (non-hydrogen) atoms. The summed E-state index contributed by atoms with van der Waals surface area (Å²) < 4.78 is 7.13. The van der Waals surface area contributed by atoms with Gasteiger partial charge in [-0.05, 0) is 39.7 Å². The predicted octanol–water partition coefficient (Wildman–Crippen LogP) is 5.61. The first kappa shape index (κ1) is 14.9. The smallest absolute Gasteiger partial charge is 0.350 e. The van der Waals surface area contributed by atoms with Crippen molar-refractivity contribution in [2.75, 3.05) is 0 Å². The number of fused-ring (bicyclic) bond motifs is 1. The first-order valence-corrected chi connectivity index (χ1v) is 8.80. The molecule has 3 rings (SSSR count). The van der Waals surface area contributed by atoms with Crippen LogP contribution in [0.2, 0.25) is 0 Å². The van der Waals surface area contributed by atoms with E-state index in [0.29, 0.717) is 10.5 Å². The lowest BCUT2D eigenvalue weighted by molar-refractivity contribution is 0.542. The maximum Gasteiger partial charge on any atom is 0.350 e. The number of rotatable bonds is 3. The Bertz CT molecular complexity index is 844. The number of hydrogen-bond acceptors (Lipinski definition) is 3. The van der Waals surface area contributed by atoms with Gasteiger partial charge < -0.3 is 4.42 Å². The van der Waals surface area contributed by atoms with E-state index in [1.54, 1.807) is 0 Å². The van der Waals surface area contributed by atoms with E-state index in [-0.39, 0.29) is 5.63 Å². The fourth-order valence-electron chi connectivity index (χ4n) is 1.97. The molecule has 0 N–H and O–H groups in total. The van der Waals surface area contributed by atoms with Crippen molar-refractivity contribution in [1.82, 2.24) is 0 Å². The van der Waals surface area contributed by atoms with Crippen LogP contribution < -0.4 is 5.63 Å². The van der Waals surface area contributed by atoms with Crippen LogP contribution in [0.1, 0.15) is 5.56 Å². The molecular formula is C16H10Br2O2S. The third-order valence-corrected chi connectivity index (χ3v) is 5.08. The lowest BCUT2D eigenvalue weighted by Gasteiger charge is -2.04. The number of halogens is 2. The van der Waals surface area contributed by atoms with Crippen molar-refractivity contribution in [3.63, 3.8) is 0 Å². The van der Waals surface area contributed by atoms with Crippen LogP contribution in [0.15, 0.2) is 71.6 Å². The molecular weight excluding hydrogens is 416 g/mol. The monoisotopic (exact) mass is 424 g/mol. The highest BCUT2D eigenvalue weighted by molar-refractivity contribution is 9.11. The molecule has 0 aliphatic rings.